The summed E-state index contributed by atoms with van der Waals surface area (Å²) in [7, 11) is 0. The van der Waals surface area contributed by atoms with Crippen molar-refractivity contribution in [2.45, 2.75) is 19.8 Å². The Labute approximate surface area is 136 Å². The van der Waals surface area contributed by atoms with E-state index < -0.39 is 0 Å². The summed E-state index contributed by atoms with van der Waals surface area (Å²) in [6.07, 6.45) is 5.35. The van der Waals surface area contributed by atoms with Crippen LogP contribution in [-0.2, 0) is 4.74 Å². The zero-order valence-corrected chi connectivity index (χ0v) is 13.3. The average Bonchev–Trinajstić information content (AvgIpc) is 2.59. The van der Waals surface area contributed by atoms with Gasteiger partial charge in [0.05, 0.1) is 12.2 Å². The van der Waals surface area contributed by atoms with Gasteiger partial charge >= 0.3 is 5.97 Å². The Morgan fingerprint density at radius 1 is 1.04 bits per heavy atom. The van der Waals surface area contributed by atoms with Crippen LogP contribution in [0.3, 0.4) is 0 Å². The van der Waals surface area contributed by atoms with E-state index in [1.807, 2.05) is 18.2 Å². The van der Waals surface area contributed by atoms with Gasteiger partial charge in [0.25, 0.3) is 0 Å². The molecule has 0 bridgehead atoms. The van der Waals surface area contributed by atoms with Crippen LogP contribution < -0.4 is 10.6 Å². The fraction of sp³-hybridized carbons (Fsp3) is 0.353. The number of hydrogen-bond donors (Lipinski definition) is 2. The van der Waals surface area contributed by atoms with Crippen LogP contribution in [-0.4, -0.2) is 35.6 Å². The molecule has 2 aromatic rings. The molecule has 6 nitrogen and oxygen atoms in total. The first-order chi connectivity index (χ1) is 11.3. The Hall–Kier alpha value is -2.63. The summed E-state index contributed by atoms with van der Waals surface area (Å²) in [5.41, 5.74) is 0.469. The molecular formula is C17H22N4O2. The molecule has 122 valence electrons. The average molecular weight is 314 g/mol. The summed E-state index contributed by atoms with van der Waals surface area (Å²) in [5, 5.41) is 6.50. The Balaban J connectivity index is 1.61. The van der Waals surface area contributed by atoms with E-state index >= 15 is 0 Å². The molecule has 0 radical (unpaired) electrons. The van der Waals surface area contributed by atoms with Crippen LogP contribution in [0.25, 0.3) is 0 Å². The van der Waals surface area contributed by atoms with Gasteiger partial charge in [-0.2, -0.15) is 0 Å². The zero-order valence-electron chi connectivity index (χ0n) is 13.3. The number of nitrogens with zero attached hydrogens (tertiary/aromatic N) is 2. The summed E-state index contributed by atoms with van der Waals surface area (Å²) >= 11 is 0. The van der Waals surface area contributed by atoms with E-state index in [0.717, 1.165) is 37.6 Å². The van der Waals surface area contributed by atoms with Crippen molar-refractivity contribution in [3.05, 3.63) is 48.3 Å². The Kier molecular flexibility index (Phi) is 6.84. The molecule has 0 atom stereocenters. The molecule has 0 fully saturated rings. The van der Waals surface area contributed by atoms with Crippen molar-refractivity contribution in [3.63, 3.8) is 0 Å². The van der Waals surface area contributed by atoms with Gasteiger partial charge in [-0.1, -0.05) is 6.07 Å². The van der Waals surface area contributed by atoms with Crippen molar-refractivity contribution in [1.82, 2.24) is 9.97 Å². The maximum Gasteiger partial charge on any atom is 0.339 e. The molecule has 0 aliphatic carbocycles. The zero-order chi connectivity index (χ0) is 16.3. The minimum Gasteiger partial charge on any atom is -0.462 e. The lowest BCUT2D eigenvalue weighted by Crippen LogP contribution is -2.09. The highest BCUT2D eigenvalue weighted by Crippen LogP contribution is 2.07. The van der Waals surface area contributed by atoms with Crippen LogP contribution in [0.2, 0.25) is 0 Å². The number of nitrogens with one attached hydrogen (secondary N) is 2. The summed E-state index contributed by atoms with van der Waals surface area (Å²) in [4.78, 5) is 19.9. The van der Waals surface area contributed by atoms with Crippen molar-refractivity contribution < 1.29 is 9.53 Å². The van der Waals surface area contributed by atoms with E-state index in [1.54, 1.807) is 25.3 Å². The molecule has 0 saturated carbocycles. The highest BCUT2D eigenvalue weighted by atomic mass is 16.5. The second-order valence-corrected chi connectivity index (χ2v) is 4.93. The van der Waals surface area contributed by atoms with Crippen LogP contribution in [0.15, 0.2) is 42.7 Å². The molecule has 0 unspecified atom stereocenters. The van der Waals surface area contributed by atoms with E-state index in [0.29, 0.717) is 12.2 Å². The second kappa shape index (κ2) is 9.40. The third kappa shape index (κ3) is 5.94. The molecule has 2 aromatic heterocycles. The molecule has 23 heavy (non-hydrogen) atoms. The number of hydrogen-bond acceptors (Lipinski definition) is 6. The predicted molar refractivity (Wildman–Crippen MR) is 90.6 cm³/mol. The molecule has 2 N–H and O–H groups in total. The van der Waals surface area contributed by atoms with Gasteiger partial charge in [0.15, 0.2) is 0 Å². The number of ether oxygens (including phenoxy) is 1. The number of carbonyl (C=O) groups excluding carboxylic acids is 1. The lowest BCUT2D eigenvalue weighted by molar-refractivity contribution is 0.0526. The highest BCUT2D eigenvalue weighted by molar-refractivity contribution is 5.89. The van der Waals surface area contributed by atoms with Crippen LogP contribution in [0.1, 0.15) is 30.1 Å². The lowest BCUT2D eigenvalue weighted by atomic mass is 10.2. The van der Waals surface area contributed by atoms with Crippen LogP contribution in [0, 0.1) is 0 Å². The molecule has 0 aliphatic rings. The van der Waals surface area contributed by atoms with Gasteiger partial charge in [0, 0.05) is 25.5 Å². The first-order valence-electron chi connectivity index (χ1n) is 7.81. The first-order valence-corrected chi connectivity index (χ1v) is 7.81. The van der Waals surface area contributed by atoms with Gasteiger partial charge < -0.3 is 15.4 Å². The standard InChI is InChI=1S/C17H22N4O2/c1-2-23-17(22)14-8-9-16(21-13-14)20-12-6-5-11-19-15-7-3-4-10-18-15/h3-4,7-10,13H,2,5-6,11-12H2,1H3,(H,18,19)(H,20,21). The van der Waals surface area contributed by atoms with Crippen molar-refractivity contribution in [2.75, 3.05) is 30.3 Å². The summed E-state index contributed by atoms with van der Waals surface area (Å²) < 4.78 is 4.92. The SMILES string of the molecule is CCOC(=O)c1ccc(NCCCCNc2ccccn2)nc1. The molecule has 6 heteroatoms. The Bertz CT molecular complexity index is 587. The van der Waals surface area contributed by atoms with Gasteiger partial charge in [-0.05, 0) is 44.0 Å². The highest BCUT2D eigenvalue weighted by Gasteiger charge is 2.06. The summed E-state index contributed by atoms with van der Waals surface area (Å²) in [6.45, 7) is 3.86. The number of esters is 1. The fourth-order valence-corrected chi connectivity index (χ4v) is 1.98. The van der Waals surface area contributed by atoms with Gasteiger partial charge in [0.2, 0.25) is 0 Å². The first kappa shape index (κ1) is 16.7. The molecular weight excluding hydrogens is 292 g/mol. The Morgan fingerprint density at radius 3 is 2.35 bits per heavy atom. The van der Waals surface area contributed by atoms with E-state index in [-0.39, 0.29) is 5.97 Å². The number of carbonyl (C=O) groups is 1. The molecule has 0 amide bonds. The van der Waals surface area contributed by atoms with Crippen molar-refractivity contribution in [3.8, 4) is 0 Å². The van der Waals surface area contributed by atoms with Gasteiger partial charge in [0.1, 0.15) is 11.6 Å². The monoisotopic (exact) mass is 314 g/mol. The largest absolute Gasteiger partial charge is 0.462 e. The number of aromatic nitrogens is 2. The normalized spacial score (nSPS) is 10.1. The quantitative estimate of drug-likeness (QED) is 0.547. The minimum absolute atomic E-state index is 0.341. The number of unbranched alkanes of at least 4 members (excludes halogenated alkanes) is 1. The van der Waals surface area contributed by atoms with Crippen LogP contribution in [0.4, 0.5) is 11.6 Å². The second-order valence-electron chi connectivity index (χ2n) is 4.93. The van der Waals surface area contributed by atoms with E-state index in [9.17, 15) is 4.79 Å². The minimum atomic E-state index is -0.341. The number of pyridine rings is 2. The molecule has 2 rings (SSSR count). The van der Waals surface area contributed by atoms with Gasteiger partial charge in [-0.3, -0.25) is 0 Å². The van der Waals surface area contributed by atoms with Gasteiger partial charge in [-0.15, -0.1) is 0 Å². The Morgan fingerprint density at radius 2 is 1.78 bits per heavy atom. The molecule has 0 saturated heterocycles. The third-order valence-electron chi connectivity index (χ3n) is 3.16. The third-order valence-corrected chi connectivity index (χ3v) is 3.16. The molecule has 0 aromatic carbocycles. The summed E-state index contributed by atoms with van der Waals surface area (Å²) in [6, 6.07) is 9.32. The lowest BCUT2D eigenvalue weighted by Gasteiger charge is -2.07. The number of rotatable bonds is 9. The smallest absolute Gasteiger partial charge is 0.339 e. The maximum atomic E-state index is 11.5. The predicted octanol–water partition coefficient (Wildman–Crippen LogP) is 2.96. The van der Waals surface area contributed by atoms with E-state index in [4.69, 9.17) is 4.74 Å². The fourth-order valence-electron chi connectivity index (χ4n) is 1.98. The van der Waals surface area contributed by atoms with Crippen LogP contribution >= 0.6 is 0 Å². The topological polar surface area (TPSA) is 76.1 Å². The molecule has 2 heterocycles. The van der Waals surface area contributed by atoms with Crippen molar-refractivity contribution >= 4 is 17.6 Å². The summed E-state index contributed by atoms with van der Waals surface area (Å²) in [5.74, 6) is 1.32. The van der Waals surface area contributed by atoms with E-state index in [1.165, 1.54) is 6.20 Å². The van der Waals surface area contributed by atoms with Crippen LogP contribution in [0.5, 0.6) is 0 Å². The van der Waals surface area contributed by atoms with Gasteiger partial charge in [-0.25, -0.2) is 14.8 Å². The van der Waals surface area contributed by atoms with E-state index in [2.05, 4.69) is 20.6 Å². The maximum absolute atomic E-state index is 11.5. The molecule has 0 aliphatic heterocycles. The number of anilines is 2. The van der Waals surface area contributed by atoms with Crippen molar-refractivity contribution in [1.29, 1.82) is 0 Å². The van der Waals surface area contributed by atoms with Crippen molar-refractivity contribution in [2.24, 2.45) is 0 Å². The molecule has 0 spiro atoms.